The number of benzene rings is 2. The summed E-state index contributed by atoms with van der Waals surface area (Å²) < 4.78 is 20.4. The molecule has 1 aromatic heterocycles. The van der Waals surface area contributed by atoms with Crippen LogP contribution in [0.5, 0.6) is 5.75 Å². The Hall–Kier alpha value is -3.71. The zero-order valence-corrected chi connectivity index (χ0v) is 18.7. The zero-order chi connectivity index (χ0) is 23.5. The van der Waals surface area contributed by atoms with E-state index in [1.54, 1.807) is 29.4 Å². The summed E-state index contributed by atoms with van der Waals surface area (Å²) >= 11 is 0. The summed E-state index contributed by atoms with van der Waals surface area (Å²) in [7, 11) is 0. The van der Waals surface area contributed by atoms with Crippen molar-refractivity contribution >= 4 is 11.6 Å². The molecule has 0 spiro atoms. The molecular formula is C27H26FN3O3. The van der Waals surface area contributed by atoms with Gasteiger partial charge in [0.25, 0.3) is 5.91 Å². The number of hydrogen-bond acceptors (Lipinski definition) is 5. The van der Waals surface area contributed by atoms with E-state index in [0.29, 0.717) is 25.1 Å². The lowest BCUT2D eigenvalue weighted by molar-refractivity contribution is -0.121. The van der Waals surface area contributed by atoms with Gasteiger partial charge in [-0.3, -0.25) is 9.78 Å². The fraction of sp³-hybridized carbons (Fsp3) is 0.259. The number of nitrogens with zero attached hydrogens (tertiary/aromatic N) is 2. The lowest BCUT2D eigenvalue weighted by Gasteiger charge is -2.31. The molecule has 1 amide bonds. The molecule has 5 rings (SSSR count). The molecule has 2 aromatic carbocycles. The van der Waals surface area contributed by atoms with E-state index in [1.807, 2.05) is 42.5 Å². The maximum Gasteiger partial charge on any atom is 0.288 e. The second kappa shape index (κ2) is 9.65. The van der Waals surface area contributed by atoms with Gasteiger partial charge in [-0.15, -0.1) is 0 Å². The molecule has 3 aromatic rings. The molecule has 2 atom stereocenters. The summed E-state index contributed by atoms with van der Waals surface area (Å²) in [6.45, 7) is 0.394. The summed E-state index contributed by atoms with van der Waals surface area (Å²) in [5, 5.41) is 13.1. The third-order valence-electron chi connectivity index (χ3n) is 6.26. The molecule has 0 bridgehead atoms. The van der Waals surface area contributed by atoms with Gasteiger partial charge < -0.3 is 20.1 Å². The number of rotatable bonds is 5. The average molecular weight is 460 g/mol. The molecule has 1 saturated carbocycles. The van der Waals surface area contributed by atoms with Crippen molar-refractivity contribution in [2.45, 2.75) is 44.4 Å². The van der Waals surface area contributed by atoms with Crippen LogP contribution in [0.4, 0.5) is 10.1 Å². The van der Waals surface area contributed by atoms with E-state index in [9.17, 15) is 14.3 Å². The van der Waals surface area contributed by atoms with Crippen LogP contribution in [0.25, 0.3) is 11.3 Å². The minimum Gasteiger partial charge on any atom is -0.445 e. The molecule has 34 heavy (non-hydrogen) atoms. The fourth-order valence-corrected chi connectivity index (χ4v) is 4.46. The number of amides is 1. The Labute approximate surface area is 197 Å². The number of fused-ring (bicyclic) bond motifs is 1. The Morgan fingerprint density at radius 2 is 1.94 bits per heavy atom. The number of aromatic nitrogens is 1. The molecule has 1 aliphatic carbocycles. The average Bonchev–Trinajstić information content (AvgIpc) is 2.86. The number of ether oxygens (including phenoxy) is 1. The number of anilines is 1. The molecule has 2 aliphatic rings. The molecule has 0 saturated heterocycles. The highest BCUT2D eigenvalue weighted by Crippen LogP contribution is 2.37. The van der Waals surface area contributed by atoms with Crippen molar-refractivity contribution in [3.05, 3.63) is 90.2 Å². The van der Waals surface area contributed by atoms with Gasteiger partial charge in [0.05, 0.1) is 29.7 Å². The highest BCUT2D eigenvalue weighted by Gasteiger charge is 2.30. The summed E-state index contributed by atoms with van der Waals surface area (Å²) in [5.74, 6) is -1.01. The maximum atomic E-state index is 14.7. The predicted molar refractivity (Wildman–Crippen MR) is 127 cm³/mol. The van der Waals surface area contributed by atoms with E-state index in [4.69, 9.17) is 4.74 Å². The third-order valence-corrected chi connectivity index (χ3v) is 6.26. The van der Waals surface area contributed by atoms with Crippen molar-refractivity contribution in [1.82, 2.24) is 10.3 Å². The van der Waals surface area contributed by atoms with Crippen LogP contribution in [0.3, 0.4) is 0 Å². The molecule has 1 aliphatic heterocycles. The molecule has 6 nitrogen and oxygen atoms in total. The van der Waals surface area contributed by atoms with Gasteiger partial charge in [-0.1, -0.05) is 49.2 Å². The molecule has 1 fully saturated rings. The van der Waals surface area contributed by atoms with E-state index >= 15 is 0 Å². The van der Waals surface area contributed by atoms with Crippen LogP contribution in [-0.2, 0) is 11.3 Å². The van der Waals surface area contributed by atoms with E-state index in [2.05, 4.69) is 10.3 Å². The minimum absolute atomic E-state index is 0.00675. The van der Waals surface area contributed by atoms with Gasteiger partial charge in [0.15, 0.2) is 11.6 Å². The predicted octanol–water partition coefficient (Wildman–Crippen LogP) is 4.55. The number of nitrogens with one attached hydrogen (secondary N) is 1. The molecule has 0 unspecified atom stereocenters. The first-order valence-corrected chi connectivity index (χ1v) is 11.5. The quantitative estimate of drug-likeness (QED) is 0.586. The highest BCUT2D eigenvalue weighted by molar-refractivity contribution is 5.93. The molecule has 2 heterocycles. The SMILES string of the molecule is O=C(N[C@H]1CCCC[C@@H]1O)C1=CN(Cc2ccnc(-c3ccccc3)c2)c2cccc(F)c2O1. The van der Waals surface area contributed by atoms with Crippen LogP contribution >= 0.6 is 0 Å². The number of hydrogen-bond donors (Lipinski definition) is 2. The van der Waals surface area contributed by atoms with Crippen molar-refractivity contribution < 1.29 is 19.0 Å². The number of pyridine rings is 1. The Morgan fingerprint density at radius 1 is 1.12 bits per heavy atom. The number of para-hydroxylation sites is 1. The second-order valence-electron chi connectivity index (χ2n) is 8.66. The van der Waals surface area contributed by atoms with E-state index in [-0.39, 0.29) is 17.6 Å². The van der Waals surface area contributed by atoms with Crippen LogP contribution < -0.4 is 15.0 Å². The summed E-state index contributed by atoms with van der Waals surface area (Å²) in [6, 6.07) is 18.1. The van der Waals surface area contributed by atoms with Crippen molar-refractivity contribution in [3.63, 3.8) is 0 Å². The highest BCUT2D eigenvalue weighted by atomic mass is 19.1. The van der Waals surface area contributed by atoms with Crippen molar-refractivity contribution in [3.8, 4) is 17.0 Å². The molecule has 2 N–H and O–H groups in total. The largest absolute Gasteiger partial charge is 0.445 e. The zero-order valence-electron chi connectivity index (χ0n) is 18.7. The lowest BCUT2D eigenvalue weighted by Crippen LogP contribution is -2.46. The Balaban J connectivity index is 1.43. The number of carbonyl (C=O) groups is 1. The van der Waals surface area contributed by atoms with Gasteiger partial charge >= 0.3 is 0 Å². The van der Waals surface area contributed by atoms with Crippen molar-refractivity contribution in [2.24, 2.45) is 0 Å². The van der Waals surface area contributed by atoms with E-state index in [0.717, 1.165) is 29.7 Å². The van der Waals surface area contributed by atoms with Crippen molar-refractivity contribution in [1.29, 1.82) is 0 Å². The van der Waals surface area contributed by atoms with Gasteiger partial charge in [-0.05, 0) is 42.7 Å². The van der Waals surface area contributed by atoms with Gasteiger partial charge in [-0.25, -0.2) is 4.39 Å². The van der Waals surface area contributed by atoms with Gasteiger partial charge in [-0.2, -0.15) is 0 Å². The molecule has 174 valence electrons. The number of aliphatic hydroxyl groups is 1. The smallest absolute Gasteiger partial charge is 0.288 e. The van der Waals surface area contributed by atoms with Crippen LogP contribution in [0.2, 0.25) is 0 Å². The fourth-order valence-electron chi connectivity index (χ4n) is 4.46. The van der Waals surface area contributed by atoms with Crippen LogP contribution in [-0.4, -0.2) is 28.1 Å². The third kappa shape index (κ3) is 4.65. The Kier molecular flexibility index (Phi) is 6.27. The normalized spacial score (nSPS) is 19.6. The summed E-state index contributed by atoms with van der Waals surface area (Å²) in [4.78, 5) is 19.3. The van der Waals surface area contributed by atoms with E-state index in [1.165, 1.54) is 6.07 Å². The molecule has 7 heteroatoms. The molecule has 0 radical (unpaired) electrons. The summed E-state index contributed by atoms with van der Waals surface area (Å²) in [5.41, 5.74) is 3.32. The van der Waals surface area contributed by atoms with Crippen molar-refractivity contribution in [2.75, 3.05) is 4.90 Å². The number of halogens is 1. The van der Waals surface area contributed by atoms with Crippen LogP contribution in [0.1, 0.15) is 31.2 Å². The van der Waals surface area contributed by atoms with Gasteiger partial charge in [0.2, 0.25) is 5.76 Å². The number of carbonyl (C=O) groups excluding carboxylic acids is 1. The first kappa shape index (κ1) is 22.1. The van der Waals surface area contributed by atoms with E-state index < -0.39 is 17.8 Å². The van der Waals surface area contributed by atoms with Gasteiger partial charge in [0.1, 0.15) is 0 Å². The summed E-state index contributed by atoms with van der Waals surface area (Å²) in [6.07, 6.45) is 5.98. The van der Waals surface area contributed by atoms with Gasteiger partial charge in [0, 0.05) is 18.3 Å². The second-order valence-corrected chi connectivity index (χ2v) is 8.66. The minimum atomic E-state index is -0.588. The Morgan fingerprint density at radius 3 is 2.76 bits per heavy atom. The number of aliphatic hydroxyl groups excluding tert-OH is 1. The Bertz CT molecular complexity index is 1210. The maximum absolute atomic E-state index is 14.7. The molecular weight excluding hydrogens is 433 g/mol. The monoisotopic (exact) mass is 459 g/mol. The standard InChI is InChI=1S/C27H26FN3O3/c28-20-9-6-11-23-26(20)34-25(27(33)30-21-10-4-5-12-24(21)32)17-31(23)16-18-13-14-29-22(15-18)19-7-2-1-3-8-19/h1-3,6-9,11,13-15,17,21,24,32H,4-5,10,12,16H2,(H,30,33)/t21-,24-/m0/s1. The van der Waals surface area contributed by atoms with Crippen LogP contribution in [0, 0.1) is 5.82 Å². The first-order chi connectivity index (χ1) is 16.6. The van der Waals surface area contributed by atoms with Crippen LogP contribution in [0.15, 0.2) is 78.8 Å². The lowest BCUT2D eigenvalue weighted by atomic mass is 9.92. The topological polar surface area (TPSA) is 74.7 Å². The first-order valence-electron chi connectivity index (χ1n) is 11.5.